The van der Waals surface area contributed by atoms with Crippen LogP contribution in [0.1, 0.15) is 57.9 Å². The van der Waals surface area contributed by atoms with Crippen molar-refractivity contribution in [3.05, 3.63) is 29.8 Å². The molecule has 0 heterocycles. The number of nitrogens with zero attached hydrogens (tertiary/aromatic N) is 1. The summed E-state index contributed by atoms with van der Waals surface area (Å²) in [5.41, 5.74) is 1.05. The average Bonchev–Trinajstić information content (AvgIpc) is 2.41. The second kappa shape index (κ2) is 9.85. The molecule has 0 radical (unpaired) electrons. The zero-order valence-corrected chi connectivity index (χ0v) is 12.6. The SMILES string of the molecule is CCCCCN(CCCCC)Cc1ccccc1O. The molecule has 0 unspecified atom stereocenters. The first-order valence-corrected chi connectivity index (χ1v) is 7.77. The summed E-state index contributed by atoms with van der Waals surface area (Å²) < 4.78 is 0. The van der Waals surface area contributed by atoms with Gasteiger partial charge in [0.2, 0.25) is 0 Å². The van der Waals surface area contributed by atoms with E-state index in [2.05, 4.69) is 18.7 Å². The van der Waals surface area contributed by atoms with Crippen LogP contribution in [-0.4, -0.2) is 23.1 Å². The third kappa shape index (κ3) is 6.63. The first kappa shape index (κ1) is 16.0. The summed E-state index contributed by atoms with van der Waals surface area (Å²) in [5, 5.41) is 9.88. The van der Waals surface area contributed by atoms with Crippen LogP contribution in [0.3, 0.4) is 0 Å². The molecule has 0 amide bonds. The van der Waals surface area contributed by atoms with Gasteiger partial charge < -0.3 is 5.11 Å². The van der Waals surface area contributed by atoms with E-state index in [4.69, 9.17) is 0 Å². The fraction of sp³-hybridized carbons (Fsp3) is 0.647. The number of rotatable bonds is 10. The van der Waals surface area contributed by atoms with E-state index in [1.807, 2.05) is 18.2 Å². The predicted octanol–water partition coefficient (Wildman–Crippen LogP) is 4.57. The quantitative estimate of drug-likeness (QED) is 0.625. The van der Waals surface area contributed by atoms with Crippen molar-refractivity contribution in [2.45, 2.75) is 58.9 Å². The van der Waals surface area contributed by atoms with Gasteiger partial charge in [0.25, 0.3) is 0 Å². The molecule has 1 rings (SSSR count). The van der Waals surface area contributed by atoms with Gasteiger partial charge in [0, 0.05) is 12.1 Å². The van der Waals surface area contributed by atoms with Gasteiger partial charge in [-0.15, -0.1) is 0 Å². The largest absolute Gasteiger partial charge is 0.508 e. The Kier molecular flexibility index (Phi) is 8.31. The summed E-state index contributed by atoms with van der Waals surface area (Å²) in [5.74, 6) is 0.429. The van der Waals surface area contributed by atoms with Crippen molar-refractivity contribution >= 4 is 0 Å². The lowest BCUT2D eigenvalue weighted by atomic mass is 10.1. The number of benzene rings is 1. The molecule has 2 heteroatoms. The summed E-state index contributed by atoms with van der Waals surface area (Å²) in [4.78, 5) is 2.49. The number of hydrogen-bond acceptors (Lipinski definition) is 2. The highest BCUT2D eigenvalue weighted by molar-refractivity contribution is 5.31. The molecule has 0 bridgehead atoms. The number of aromatic hydroxyl groups is 1. The molecule has 0 aliphatic carbocycles. The summed E-state index contributed by atoms with van der Waals surface area (Å²) >= 11 is 0. The highest BCUT2D eigenvalue weighted by atomic mass is 16.3. The van der Waals surface area contributed by atoms with Crippen molar-refractivity contribution in [3.63, 3.8) is 0 Å². The molecule has 0 saturated heterocycles. The van der Waals surface area contributed by atoms with Crippen LogP contribution in [0, 0.1) is 0 Å². The topological polar surface area (TPSA) is 23.5 Å². The normalized spacial score (nSPS) is 11.1. The second-order valence-electron chi connectivity index (χ2n) is 5.32. The molecule has 1 aromatic rings. The number of hydrogen-bond donors (Lipinski definition) is 1. The average molecular weight is 263 g/mol. The van der Waals surface area contributed by atoms with Crippen molar-refractivity contribution in [2.75, 3.05) is 13.1 Å². The molecule has 0 aliphatic heterocycles. The Morgan fingerprint density at radius 3 is 2.00 bits per heavy atom. The Labute approximate surface area is 118 Å². The Hall–Kier alpha value is -1.02. The van der Waals surface area contributed by atoms with E-state index in [9.17, 15) is 5.11 Å². The van der Waals surface area contributed by atoms with Crippen molar-refractivity contribution in [3.8, 4) is 5.75 Å². The molecule has 19 heavy (non-hydrogen) atoms. The van der Waals surface area contributed by atoms with Gasteiger partial charge in [0.15, 0.2) is 0 Å². The Balaban J connectivity index is 2.49. The van der Waals surface area contributed by atoms with Crippen LogP contribution >= 0.6 is 0 Å². The van der Waals surface area contributed by atoms with Gasteiger partial charge in [-0.25, -0.2) is 0 Å². The van der Waals surface area contributed by atoms with Crippen LogP contribution in [0.4, 0.5) is 0 Å². The molecule has 1 aromatic carbocycles. The lowest BCUT2D eigenvalue weighted by Crippen LogP contribution is -2.25. The third-order valence-corrected chi connectivity index (χ3v) is 3.54. The molecule has 0 spiro atoms. The third-order valence-electron chi connectivity index (χ3n) is 3.54. The minimum absolute atomic E-state index is 0.429. The standard InChI is InChI=1S/C17H29NO/c1-3-5-9-13-18(14-10-6-4-2)15-16-11-7-8-12-17(16)19/h7-8,11-12,19H,3-6,9-10,13-15H2,1-2H3. The van der Waals surface area contributed by atoms with Gasteiger partial charge in [0.1, 0.15) is 5.75 Å². The molecule has 0 fully saturated rings. The second-order valence-corrected chi connectivity index (χ2v) is 5.32. The fourth-order valence-corrected chi connectivity index (χ4v) is 2.33. The summed E-state index contributed by atoms with van der Waals surface area (Å²) in [6.07, 6.45) is 7.64. The van der Waals surface area contributed by atoms with Crippen LogP contribution in [0.25, 0.3) is 0 Å². The summed E-state index contributed by atoms with van der Waals surface area (Å²) in [6.45, 7) is 7.65. The Morgan fingerprint density at radius 1 is 0.895 bits per heavy atom. The maximum Gasteiger partial charge on any atom is 0.120 e. The van der Waals surface area contributed by atoms with E-state index < -0.39 is 0 Å². The Bertz CT molecular complexity index is 328. The smallest absolute Gasteiger partial charge is 0.120 e. The molecular formula is C17H29NO. The lowest BCUT2D eigenvalue weighted by molar-refractivity contribution is 0.250. The molecule has 0 saturated carbocycles. The van der Waals surface area contributed by atoms with Gasteiger partial charge >= 0.3 is 0 Å². The number of phenols is 1. The molecule has 1 N–H and O–H groups in total. The van der Waals surface area contributed by atoms with E-state index in [0.29, 0.717) is 5.75 Å². The zero-order chi connectivity index (χ0) is 13.9. The maximum absolute atomic E-state index is 9.88. The summed E-state index contributed by atoms with van der Waals surface area (Å²) in [7, 11) is 0. The van der Waals surface area contributed by atoms with E-state index in [-0.39, 0.29) is 0 Å². The van der Waals surface area contributed by atoms with Gasteiger partial charge in [-0.2, -0.15) is 0 Å². The van der Waals surface area contributed by atoms with E-state index in [1.54, 1.807) is 6.07 Å². The van der Waals surface area contributed by atoms with E-state index in [0.717, 1.165) is 25.2 Å². The fourth-order valence-electron chi connectivity index (χ4n) is 2.33. The highest BCUT2D eigenvalue weighted by Crippen LogP contribution is 2.18. The van der Waals surface area contributed by atoms with Crippen LogP contribution in [0.5, 0.6) is 5.75 Å². The number of unbranched alkanes of at least 4 members (excludes halogenated alkanes) is 4. The molecule has 2 nitrogen and oxygen atoms in total. The van der Waals surface area contributed by atoms with Crippen LogP contribution in [0.15, 0.2) is 24.3 Å². The molecular weight excluding hydrogens is 234 g/mol. The monoisotopic (exact) mass is 263 g/mol. The number of para-hydroxylation sites is 1. The summed E-state index contributed by atoms with van der Waals surface area (Å²) in [6, 6.07) is 7.70. The minimum atomic E-state index is 0.429. The zero-order valence-electron chi connectivity index (χ0n) is 12.6. The van der Waals surface area contributed by atoms with Gasteiger partial charge in [-0.05, 0) is 32.0 Å². The first-order chi connectivity index (χ1) is 9.27. The highest BCUT2D eigenvalue weighted by Gasteiger charge is 2.08. The van der Waals surface area contributed by atoms with E-state index in [1.165, 1.54) is 38.5 Å². The Morgan fingerprint density at radius 2 is 1.47 bits per heavy atom. The van der Waals surface area contributed by atoms with Crippen LogP contribution < -0.4 is 0 Å². The molecule has 108 valence electrons. The van der Waals surface area contributed by atoms with Crippen molar-refractivity contribution in [1.29, 1.82) is 0 Å². The molecule has 0 aromatic heterocycles. The minimum Gasteiger partial charge on any atom is -0.508 e. The van der Waals surface area contributed by atoms with Crippen LogP contribution in [0.2, 0.25) is 0 Å². The molecule has 0 atom stereocenters. The van der Waals surface area contributed by atoms with Gasteiger partial charge in [-0.1, -0.05) is 57.7 Å². The van der Waals surface area contributed by atoms with Crippen LogP contribution in [-0.2, 0) is 6.54 Å². The van der Waals surface area contributed by atoms with E-state index >= 15 is 0 Å². The van der Waals surface area contributed by atoms with Gasteiger partial charge in [-0.3, -0.25) is 4.90 Å². The predicted molar refractivity (Wildman–Crippen MR) is 82.4 cm³/mol. The number of phenolic OH excluding ortho intramolecular Hbond substituents is 1. The van der Waals surface area contributed by atoms with Crippen molar-refractivity contribution in [1.82, 2.24) is 4.90 Å². The molecule has 0 aliphatic rings. The van der Waals surface area contributed by atoms with Crippen molar-refractivity contribution in [2.24, 2.45) is 0 Å². The first-order valence-electron chi connectivity index (χ1n) is 7.77. The lowest BCUT2D eigenvalue weighted by Gasteiger charge is -2.22. The van der Waals surface area contributed by atoms with Crippen molar-refractivity contribution < 1.29 is 5.11 Å². The van der Waals surface area contributed by atoms with Gasteiger partial charge in [0.05, 0.1) is 0 Å². The maximum atomic E-state index is 9.88.